The molecule has 0 bridgehead atoms. The van der Waals surface area contributed by atoms with Crippen LogP contribution in [-0.4, -0.2) is 63.5 Å². The number of hydrogen-bond donors (Lipinski definition) is 0. The largest absolute Gasteiger partial charge is 0.342 e. The Balaban J connectivity index is 1.58. The maximum atomic E-state index is 12.8. The highest BCUT2D eigenvalue weighted by molar-refractivity contribution is 7.99. The van der Waals surface area contributed by atoms with E-state index in [1.807, 2.05) is 9.80 Å². The molecule has 0 aliphatic carbocycles. The predicted octanol–water partition coefficient (Wildman–Crippen LogP) is 1.82. The van der Waals surface area contributed by atoms with Gasteiger partial charge in [-0.05, 0) is 31.7 Å². The summed E-state index contributed by atoms with van der Waals surface area (Å²) in [6, 6.07) is 1.76. The summed E-state index contributed by atoms with van der Waals surface area (Å²) in [6.45, 7) is 5.04. The van der Waals surface area contributed by atoms with Crippen molar-refractivity contribution in [3.05, 3.63) is 18.5 Å². The average molecular weight is 348 g/mol. The van der Waals surface area contributed by atoms with Gasteiger partial charge >= 0.3 is 0 Å². The second kappa shape index (κ2) is 7.51. The van der Waals surface area contributed by atoms with Crippen LogP contribution >= 0.6 is 11.8 Å². The highest BCUT2D eigenvalue weighted by Crippen LogP contribution is 2.40. The minimum Gasteiger partial charge on any atom is -0.342 e. The van der Waals surface area contributed by atoms with E-state index in [1.54, 1.807) is 18.5 Å². The Morgan fingerprint density at radius 2 is 2.08 bits per heavy atom. The number of piperidine rings is 1. The number of nitrogens with zero attached hydrogens (tertiary/aromatic N) is 4. The first-order valence-electron chi connectivity index (χ1n) is 8.61. The Morgan fingerprint density at radius 3 is 2.83 bits per heavy atom. The summed E-state index contributed by atoms with van der Waals surface area (Å²) in [5.74, 6) is 0.655. The number of likely N-dealkylation sites (tertiary alicyclic amines) is 2. The fraction of sp³-hybridized carbons (Fsp3) is 0.647. The molecule has 24 heavy (non-hydrogen) atoms. The van der Waals surface area contributed by atoms with Gasteiger partial charge in [-0.15, -0.1) is 0 Å². The molecule has 3 rings (SSSR count). The van der Waals surface area contributed by atoms with Crippen molar-refractivity contribution in [1.82, 2.24) is 19.8 Å². The Hall–Kier alpha value is -1.63. The van der Waals surface area contributed by atoms with E-state index in [2.05, 4.69) is 16.9 Å². The number of hydrogen-bond acceptors (Lipinski definition) is 5. The number of carbonyl (C=O) groups is 2. The molecule has 130 valence electrons. The van der Waals surface area contributed by atoms with Crippen LogP contribution in [-0.2, 0) is 9.59 Å². The maximum absolute atomic E-state index is 12.8. The van der Waals surface area contributed by atoms with Crippen molar-refractivity contribution in [1.29, 1.82) is 0 Å². The molecule has 1 spiro atoms. The molecule has 2 amide bonds. The van der Waals surface area contributed by atoms with Crippen molar-refractivity contribution in [3.8, 4) is 0 Å². The van der Waals surface area contributed by atoms with Crippen molar-refractivity contribution < 1.29 is 9.59 Å². The zero-order valence-corrected chi connectivity index (χ0v) is 14.9. The lowest BCUT2D eigenvalue weighted by atomic mass is 9.78. The Bertz CT molecular complexity index is 596. The van der Waals surface area contributed by atoms with Gasteiger partial charge in [-0.1, -0.05) is 18.7 Å². The van der Waals surface area contributed by atoms with E-state index in [0.29, 0.717) is 24.0 Å². The summed E-state index contributed by atoms with van der Waals surface area (Å²) >= 11 is 1.35. The van der Waals surface area contributed by atoms with Crippen LogP contribution in [0.1, 0.15) is 32.6 Å². The molecule has 6 nitrogen and oxygen atoms in total. The molecule has 2 saturated heterocycles. The topological polar surface area (TPSA) is 66.4 Å². The van der Waals surface area contributed by atoms with Gasteiger partial charge in [-0.2, -0.15) is 0 Å². The zero-order valence-electron chi connectivity index (χ0n) is 14.1. The first-order chi connectivity index (χ1) is 11.6. The smallest absolute Gasteiger partial charge is 0.233 e. The highest BCUT2D eigenvalue weighted by atomic mass is 32.2. The first kappa shape index (κ1) is 17.2. The van der Waals surface area contributed by atoms with Gasteiger partial charge in [0.25, 0.3) is 0 Å². The summed E-state index contributed by atoms with van der Waals surface area (Å²) in [4.78, 5) is 37.4. The number of thioether (sulfide) groups is 1. The van der Waals surface area contributed by atoms with Gasteiger partial charge in [-0.25, -0.2) is 9.97 Å². The minimum absolute atomic E-state index is 0.0738. The summed E-state index contributed by atoms with van der Waals surface area (Å²) < 4.78 is 0. The lowest BCUT2D eigenvalue weighted by Crippen LogP contribution is -2.50. The third-order valence-electron chi connectivity index (χ3n) is 4.89. The monoisotopic (exact) mass is 348 g/mol. The zero-order chi connectivity index (χ0) is 17.0. The van der Waals surface area contributed by atoms with Crippen molar-refractivity contribution in [2.24, 2.45) is 5.41 Å². The van der Waals surface area contributed by atoms with Crippen LogP contribution < -0.4 is 0 Å². The molecule has 0 saturated carbocycles. The molecule has 1 aromatic rings. The van der Waals surface area contributed by atoms with E-state index in [4.69, 9.17) is 0 Å². The maximum Gasteiger partial charge on any atom is 0.233 e. The van der Waals surface area contributed by atoms with Gasteiger partial charge < -0.3 is 9.80 Å². The van der Waals surface area contributed by atoms with Gasteiger partial charge in [0.15, 0.2) is 5.16 Å². The van der Waals surface area contributed by atoms with Crippen LogP contribution in [0.3, 0.4) is 0 Å². The fourth-order valence-electron chi connectivity index (χ4n) is 3.68. The number of aromatic nitrogens is 2. The Morgan fingerprint density at radius 1 is 1.29 bits per heavy atom. The van der Waals surface area contributed by atoms with Gasteiger partial charge in [0.05, 0.1) is 11.2 Å². The Kier molecular flexibility index (Phi) is 5.38. The molecule has 2 aliphatic rings. The molecule has 0 unspecified atom stereocenters. The number of rotatable bonds is 5. The molecule has 2 aliphatic heterocycles. The van der Waals surface area contributed by atoms with Crippen molar-refractivity contribution >= 4 is 23.6 Å². The summed E-state index contributed by atoms with van der Waals surface area (Å²) in [7, 11) is 0. The standard InChI is InChI=1S/C17H24N4O2S/c1-2-9-20-10-3-5-17(15(20)23)6-11-21(13-17)14(22)12-24-16-18-7-4-8-19-16/h4,7-8H,2-3,5-6,9-13H2,1H3/t17-/m1/s1. The molecule has 2 fully saturated rings. The highest BCUT2D eigenvalue weighted by Gasteiger charge is 2.49. The molecule has 0 N–H and O–H groups in total. The molecule has 1 aromatic heterocycles. The van der Waals surface area contributed by atoms with E-state index >= 15 is 0 Å². The molecule has 1 atom stereocenters. The van der Waals surface area contributed by atoms with E-state index < -0.39 is 0 Å². The van der Waals surface area contributed by atoms with Crippen molar-refractivity contribution in [2.75, 3.05) is 31.9 Å². The Labute approximate surface area is 147 Å². The lowest BCUT2D eigenvalue weighted by Gasteiger charge is -2.39. The molecule has 3 heterocycles. The van der Waals surface area contributed by atoms with Crippen LogP contribution in [0, 0.1) is 5.41 Å². The number of carbonyl (C=O) groups excluding carboxylic acids is 2. The van der Waals surface area contributed by atoms with E-state index in [1.165, 1.54) is 11.8 Å². The van der Waals surface area contributed by atoms with E-state index in [9.17, 15) is 9.59 Å². The third kappa shape index (κ3) is 3.55. The average Bonchev–Trinajstić information content (AvgIpc) is 3.03. The van der Waals surface area contributed by atoms with Crippen LogP contribution in [0.5, 0.6) is 0 Å². The van der Waals surface area contributed by atoms with Gasteiger partial charge in [0.1, 0.15) is 0 Å². The van der Waals surface area contributed by atoms with Crippen molar-refractivity contribution in [3.63, 3.8) is 0 Å². The summed E-state index contributed by atoms with van der Waals surface area (Å²) in [5, 5.41) is 0.614. The molecular weight excluding hydrogens is 324 g/mol. The first-order valence-corrected chi connectivity index (χ1v) is 9.60. The molecule has 0 radical (unpaired) electrons. The van der Waals surface area contributed by atoms with Crippen molar-refractivity contribution in [2.45, 2.75) is 37.8 Å². The minimum atomic E-state index is -0.336. The summed E-state index contributed by atoms with van der Waals surface area (Å²) in [6.07, 6.45) is 7.08. The van der Waals surface area contributed by atoms with Gasteiger partial charge in [0.2, 0.25) is 11.8 Å². The van der Waals surface area contributed by atoms with E-state index in [0.717, 1.165) is 38.8 Å². The molecule has 0 aromatic carbocycles. The lowest BCUT2D eigenvalue weighted by molar-refractivity contribution is -0.146. The normalized spacial score (nSPS) is 24.0. The van der Waals surface area contributed by atoms with E-state index in [-0.39, 0.29) is 17.2 Å². The number of amides is 2. The SMILES string of the molecule is CCCN1CCC[C@]2(CCN(C(=O)CSc3ncccn3)C2)C1=O. The van der Waals surface area contributed by atoms with Gasteiger partial charge in [0, 0.05) is 38.6 Å². The summed E-state index contributed by atoms with van der Waals surface area (Å²) in [5.41, 5.74) is -0.336. The second-order valence-electron chi connectivity index (χ2n) is 6.56. The van der Waals surface area contributed by atoms with Crippen LogP contribution in [0.25, 0.3) is 0 Å². The molecule has 7 heteroatoms. The second-order valence-corrected chi connectivity index (χ2v) is 7.50. The van der Waals surface area contributed by atoms with Crippen LogP contribution in [0.15, 0.2) is 23.6 Å². The molecular formula is C17H24N4O2S. The van der Waals surface area contributed by atoms with Crippen LogP contribution in [0.2, 0.25) is 0 Å². The van der Waals surface area contributed by atoms with Crippen LogP contribution in [0.4, 0.5) is 0 Å². The fourth-order valence-corrected chi connectivity index (χ4v) is 4.38. The quantitative estimate of drug-likeness (QED) is 0.600. The third-order valence-corrected chi connectivity index (χ3v) is 5.75. The van der Waals surface area contributed by atoms with Gasteiger partial charge in [-0.3, -0.25) is 9.59 Å². The predicted molar refractivity (Wildman–Crippen MR) is 92.5 cm³/mol.